The van der Waals surface area contributed by atoms with Crippen LogP contribution in [0.15, 0.2) is 65.5 Å². The number of alkyl halides is 3. The maximum atomic E-state index is 13.2. The monoisotopic (exact) mass is 496 g/mol. The first-order chi connectivity index (χ1) is 16.6. The summed E-state index contributed by atoms with van der Waals surface area (Å²) in [6, 6.07) is 12.1. The van der Waals surface area contributed by atoms with Crippen LogP contribution in [0.25, 0.3) is 27.6 Å². The first-order valence-electron chi connectivity index (χ1n) is 10.8. The maximum Gasteiger partial charge on any atom is 0.416 e. The van der Waals surface area contributed by atoms with Crippen molar-refractivity contribution in [1.82, 2.24) is 19.2 Å². The second kappa shape index (κ2) is 7.43. The van der Waals surface area contributed by atoms with Gasteiger partial charge in [-0.05, 0) is 64.9 Å². The van der Waals surface area contributed by atoms with Crippen LogP contribution >= 0.6 is 11.3 Å². The molecule has 10 heteroatoms. The van der Waals surface area contributed by atoms with Gasteiger partial charge >= 0.3 is 6.18 Å². The van der Waals surface area contributed by atoms with Crippen LogP contribution in [0.5, 0.6) is 0 Å². The third kappa shape index (κ3) is 3.43. The van der Waals surface area contributed by atoms with Gasteiger partial charge in [0.1, 0.15) is 5.60 Å². The SMILES string of the molecule is Cn1cc2c3cc(C(=O)N4CC(O)(c5ccsc5)C4)ccc3n(-c3ccc(C(F)(F)F)cc3)c2n1. The molecule has 1 N–H and O–H groups in total. The van der Waals surface area contributed by atoms with Crippen LogP contribution in [0.4, 0.5) is 13.2 Å². The molecule has 1 saturated heterocycles. The van der Waals surface area contributed by atoms with Crippen LogP contribution in [0.1, 0.15) is 21.5 Å². The number of carbonyl (C=O) groups excluding carboxylic acids is 1. The van der Waals surface area contributed by atoms with Crippen molar-refractivity contribution in [3.8, 4) is 5.69 Å². The van der Waals surface area contributed by atoms with E-state index in [1.807, 2.05) is 23.0 Å². The molecule has 1 fully saturated rings. The van der Waals surface area contributed by atoms with Crippen molar-refractivity contribution in [2.24, 2.45) is 7.05 Å². The summed E-state index contributed by atoms with van der Waals surface area (Å²) in [6.07, 6.45) is -2.59. The van der Waals surface area contributed by atoms with E-state index in [2.05, 4.69) is 5.10 Å². The molecule has 6 rings (SSSR count). The van der Waals surface area contributed by atoms with Gasteiger partial charge in [0.25, 0.3) is 5.91 Å². The maximum absolute atomic E-state index is 13.2. The molecule has 4 heterocycles. The lowest BCUT2D eigenvalue weighted by molar-refractivity contribution is -0.137. The van der Waals surface area contributed by atoms with Gasteiger partial charge in [0.2, 0.25) is 0 Å². The Balaban J connectivity index is 1.38. The first-order valence-corrected chi connectivity index (χ1v) is 11.8. The van der Waals surface area contributed by atoms with E-state index in [9.17, 15) is 23.1 Å². The Morgan fingerprint density at radius 1 is 1.09 bits per heavy atom. The van der Waals surface area contributed by atoms with E-state index in [0.29, 0.717) is 16.9 Å². The molecule has 0 radical (unpaired) electrons. The fourth-order valence-corrected chi connectivity index (χ4v) is 5.46. The van der Waals surface area contributed by atoms with Gasteiger partial charge in [-0.25, -0.2) is 0 Å². The Hall–Kier alpha value is -3.63. The number of amides is 1. The number of fused-ring (bicyclic) bond motifs is 3. The predicted octanol–water partition coefficient (Wildman–Crippen LogP) is 4.94. The number of aromatic nitrogens is 3. The first kappa shape index (κ1) is 21.9. The lowest BCUT2D eigenvalue weighted by Crippen LogP contribution is -2.61. The number of carbonyl (C=O) groups is 1. The summed E-state index contributed by atoms with van der Waals surface area (Å²) >= 11 is 1.50. The Kier molecular flexibility index (Phi) is 4.64. The van der Waals surface area contributed by atoms with Gasteiger partial charge < -0.3 is 10.0 Å². The van der Waals surface area contributed by atoms with Crippen molar-refractivity contribution < 1.29 is 23.1 Å². The van der Waals surface area contributed by atoms with E-state index in [4.69, 9.17) is 0 Å². The zero-order valence-electron chi connectivity index (χ0n) is 18.5. The number of thiophene rings is 1. The molecule has 3 aromatic heterocycles. The molecular weight excluding hydrogens is 477 g/mol. The molecule has 0 spiro atoms. The van der Waals surface area contributed by atoms with E-state index in [-0.39, 0.29) is 19.0 Å². The van der Waals surface area contributed by atoms with Crippen molar-refractivity contribution >= 4 is 39.2 Å². The lowest BCUT2D eigenvalue weighted by atomic mass is 9.87. The normalized spacial score (nSPS) is 15.6. The molecule has 0 unspecified atom stereocenters. The molecule has 1 aliphatic rings. The van der Waals surface area contributed by atoms with E-state index >= 15 is 0 Å². The molecule has 0 aliphatic carbocycles. The largest absolute Gasteiger partial charge is 0.416 e. The van der Waals surface area contributed by atoms with Crippen molar-refractivity contribution in [2.75, 3.05) is 13.1 Å². The highest BCUT2D eigenvalue weighted by molar-refractivity contribution is 7.08. The topological polar surface area (TPSA) is 63.3 Å². The summed E-state index contributed by atoms with van der Waals surface area (Å²) in [7, 11) is 1.77. The minimum Gasteiger partial charge on any atom is -0.381 e. The van der Waals surface area contributed by atoms with Crippen LogP contribution in [0.3, 0.4) is 0 Å². The van der Waals surface area contributed by atoms with Gasteiger partial charge in [0.05, 0.1) is 24.2 Å². The summed E-state index contributed by atoms with van der Waals surface area (Å²) in [4.78, 5) is 14.8. The molecule has 35 heavy (non-hydrogen) atoms. The number of halogens is 3. The van der Waals surface area contributed by atoms with E-state index < -0.39 is 17.3 Å². The van der Waals surface area contributed by atoms with Crippen LogP contribution in [-0.4, -0.2) is 43.4 Å². The average molecular weight is 497 g/mol. The Labute approximate surface area is 201 Å². The van der Waals surface area contributed by atoms with Gasteiger partial charge in [-0.15, -0.1) is 0 Å². The number of aliphatic hydroxyl groups is 1. The van der Waals surface area contributed by atoms with E-state index in [1.165, 1.54) is 23.5 Å². The number of β-amino-alcohol motifs (C(OH)–C–C–N with tert-alkyl or cyclic N) is 1. The van der Waals surface area contributed by atoms with Crippen LogP contribution in [0.2, 0.25) is 0 Å². The third-order valence-electron chi connectivity index (χ3n) is 6.50. The van der Waals surface area contributed by atoms with Crippen molar-refractivity contribution in [3.63, 3.8) is 0 Å². The number of benzene rings is 2. The molecule has 178 valence electrons. The smallest absolute Gasteiger partial charge is 0.381 e. The minimum absolute atomic E-state index is 0.189. The number of likely N-dealkylation sites (tertiary alicyclic amines) is 1. The van der Waals surface area contributed by atoms with Crippen molar-refractivity contribution in [1.29, 1.82) is 0 Å². The van der Waals surface area contributed by atoms with Crippen LogP contribution < -0.4 is 0 Å². The average Bonchev–Trinajstić information content (AvgIpc) is 3.52. The molecular formula is C25H19F3N4O2S. The highest BCUT2D eigenvalue weighted by Gasteiger charge is 2.45. The zero-order valence-corrected chi connectivity index (χ0v) is 19.3. The van der Waals surface area contributed by atoms with Gasteiger partial charge in [-0.3, -0.25) is 14.0 Å². The van der Waals surface area contributed by atoms with Gasteiger partial charge in [-0.2, -0.15) is 29.6 Å². The summed E-state index contributed by atoms with van der Waals surface area (Å²) in [6.45, 7) is 0.435. The second-order valence-electron chi connectivity index (χ2n) is 8.86. The molecule has 0 saturated carbocycles. The summed E-state index contributed by atoms with van der Waals surface area (Å²) in [5.41, 5.74) is 1.40. The number of hydrogen-bond acceptors (Lipinski definition) is 4. The Morgan fingerprint density at radius 3 is 2.49 bits per heavy atom. The van der Waals surface area contributed by atoms with Crippen LogP contribution in [0, 0.1) is 0 Å². The fourth-order valence-electron chi connectivity index (χ4n) is 4.71. The van der Waals surface area contributed by atoms with Gasteiger partial charge in [-0.1, -0.05) is 0 Å². The van der Waals surface area contributed by atoms with Gasteiger partial charge in [0.15, 0.2) is 5.65 Å². The molecule has 1 aliphatic heterocycles. The Bertz CT molecular complexity index is 1580. The third-order valence-corrected chi connectivity index (χ3v) is 7.18. The number of nitrogens with zero attached hydrogens (tertiary/aromatic N) is 4. The molecule has 2 aromatic carbocycles. The summed E-state index contributed by atoms with van der Waals surface area (Å²) < 4.78 is 42.6. The highest BCUT2D eigenvalue weighted by atomic mass is 32.1. The standard InChI is InChI=1S/C25H19F3N4O2S/c1-30-11-20-19-10-15(23(33)31-13-24(34,14-31)17-8-9-35-12-17)2-7-21(19)32(22(20)29-30)18-5-3-16(4-6-18)25(26,27)28/h2-12,34H,13-14H2,1H3. The number of rotatable bonds is 3. The van der Waals surface area contributed by atoms with E-state index in [1.54, 1.807) is 39.4 Å². The second-order valence-corrected chi connectivity index (χ2v) is 9.64. The van der Waals surface area contributed by atoms with Crippen molar-refractivity contribution in [2.45, 2.75) is 11.8 Å². The van der Waals surface area contributed by atoms with Crippen LogP contribution in [-0.2, 0) is 18.8 Å². The molecule has 6 nitrogen and oxygen atoms in total. The lowest BCUT2D eigenvalue weighted by Gasteiger charge is -2.46. The highest BCUT2D eigenvalue weighted by Crippen LogP contribution is 2.36. The number of aryl methyl sites for hydroxylation is 1. The summed E-state index contributed by atoms with van der Waals surface area (Å²) in [5, 5.41) is 20.6. The zero-order chi connectivity index (χ0) is 24.5. The molecule has 5 aromatic rings. The molecule has 0 bridgehead atoms. The molecule has 0 atom stereocenters. The van der Waals surface area contributed by atoms with E-state index in [0.717, 1.165) is 34.0 Å². The summed E-state index contributed by atoms with van der Waals surface area (Å²) in [5.74, 6) is -0.189. The fraction of sp³-hybridized carbons (Fsp3) is 0.200. The predicted molar refractivity (Wildman–Crippen MR) is 127 cm³/mol. The minimum atomic E-state index is -4.42. The molecule has 1 amide bonds. The number of hydrogen-bond donors (Lipinski definition) is 1. The quantitative estimate of drug-likeness (QED) is 0.385. The van der Waals surface area contributed by atoms with Crippen molar-refractivity contribution in [3.05, 3.63) is 82.2 Å². The van der Waals surface area contributed by atoms with Gasteiger partial charge in [0, 0.05) is 35.3 Å². The Morgan fingerprint density at radius 2 is 1.83 bits per heavy atom.